The van der Waals surface area contributed by atoms with Gasteiger partial charge in [0.1, 0.15) is 0 Å². The number of amides is 1. The van der Waals surface area contributed by atoms with Crippen LogP contribution in [-0.4, -0.2) is 29.8 Å². The number of aliphatic hydroxyl groups excluding tert-OH is 1. The molecule has 0 fully saturated rings. The second-order valence-electron chi connectivity index (χ2n) is 4.91. The molecule has 5 heteroatoms. The van der Waals surface area contributed by atoms with E-state index in [-0.39, 0.29) is 18.6 Å². The van der Waals surface area contributed by atoms with Crippen LogP contribution < -0.4 is 14.8 Å². The lowest BCUT2D eigenvalue weighted by Gasteiger charge is -2.21. The van der Waals surface area contributed by atoms with Gasteiger partial charge in [-0.05, 0) is 33.3 Å². The maximum Gasteiger partial charge on any atom is 0.260 e. The third-order valence-corrected chi connectivity index (χ3v) is 3.20. The van der Waals surface area contributed by atoms with E-state index in [2.05, 4.69) is 5.32 Å². The van der Waals surface area contributed by atoms with E-state index in [1.54, 1.807) is 25.1 Å². The van der Waals surface area contributed by atoms with Gasteiger partial charge in [-0.3, -0.25) is 4.79 Å². The Morgan fingerprint density at radius 2 is 2.05 bits per heavy atom. The summed E-state index contributed by atoms with van der Waals surface area (Å²) in [4.78, 5) is 12.0. The number of hydrogen-bond donors (Lipinski definition) is 2. The van der Waals surface area contributed by atoms with Gasteiger partial charge < -0.3 is 19.9 Å². The Bertz CT molecular complexity index is 462. The number of hydrogen-bond acceptors (Lipinski definition) is 4. The van der Waals surface area contributed by atoms with E-state index in [1.807, 2.05) is 20.8 Å². The molecule has 1 amide bonds. The second-order valence-corrected chi connectivity index (χ2v) is 4.91. The number of rotatable bonds is 8. The Kier molecular flexibility index (Phi) is 7.02. The summed E-state index contributed by atoms with van der Waals surface area (Å²) < 4.78 is 11.2. The maximum absolute atomic E-state index is 12.0. The van der Waals surface area contributed by atoms with Crippen molar-refractivity contribution in [3.8, 4) is 11.5 Å². The zero-order chi connectivity index (χ0) is 15.8. The van der Waals surface area contributed by atoms with Crippen molar-refractivity contribution in [3.63, 3.8) is 0 Å². The minimum absolute atomic E-state index is 0.1000. The smallest absolute Gasteiger partial charge is 0.260 e. The average Bonchev–Trinajstić information content (AvgIpc) is 2.48. The number of nitrogens with one attached hydrogen (secondary N) is 1. The minimum Gasteiger partial charge on any atom is -0.490 e. The molecular weight excluding hydrogens is 270 g/mol. The SMILES string of the molecule is CCOc1cccc(CO)c1OC(C)C(=O)NC(C)CC. The molecule has 1 rings (SSSR count). The highest BCUT2D eigenvalue weighted by Gasteiger charge is 2.20. The van der Waals surface area contributed by atoms with Crippen LogP contribution in [0, 0.1) is 0 Å². The highest BCUT2D eigenvalue weighted by atomic mass is 16.5. The number of ether oxygens (including phenoxy) is 2. The van der Waals surface area contributed by atoms with Gasteiger partial charge in [0.2, 0.25) is 0 Å². The molecule has 2 atom stereocenters. The van der Waals surface area contributed by atoms with Crippen LogP contribution in [0.25, 0.3) is 0 Å². The lowest BCUT2D eigenvalue weighted by atomic mass is 10.2. The van der Waals surface area contributed by atoms with Gasteiger partial charge in [0, 0.05) is 11.6 Å². The number of benzene rings is 1. The molecule has 0 aliphatic heterocycles. The van der Waals surface area contributed by atoms with Gasteiger partial charge in [0.25, 0.3) is 5.91 Å². The molecule has 0 saturated carbocycles. The van der Waals surface area contributed by atoms with Crippen molar-refractivity contribution in [2.24, 2.45) is 0 Å². The van der Waals surface area contributed by atoms with Gasteiger partial charge in [0.15, 0.2) is 17.6 Å². The quantitative estimate of drug-likeness (QED) is 0.772. The molecule has 0 spiro atoms. The summed E-state index contributed by atoms with van der Waals surface area (Å²) >= 11 is 0. The van der Waals surface area contributed by atoms with Gasteiger partial charge in [-0.2, -0.15) is 0 Å². The highest BCUT2D eigenvalue weighted by molar-refractivity contribution is 5.81. The number of para-hydroxylation sites is 1. The van der Waals surface area contributed by atoms with Crippen LogP contribution in [0.5, 0.6) is 11.5 Å². The summed E-state index contributed by atoms with van der Waals surface area (Å²) in [5.74, 6) is 0.778. The maximum atomic E-state index is 12.0. The van der Waals surface area contributed by atoms with Gasteiger partial charge in [-0.1, -0.05) is 19.1 Å². The summed E-state index contributed by atoms with van der Waals surface area (Å²) in [5.41, 5.74) is 0.601. The van der Waals surface area contributed by atoms with Gasteiger partial charge in [-0.15, -0.1) is 0 Å². The zero-order valence-corrected chi connectivity index (χ0v) is 13.2. The summed E-state index contributed by atoms with van der Waals surface area (Å²) in [6.07, 6.45) is 0.196. The summed E-state index contributed by atoms with van der Waals surface area (Å²) in [6, 6.07) is 5.39. The first-order chi connectivity index (χ1) is 10.0. The van der Waals surface area contributed by atoms with E-state index in [0.717, 1.165) is 6.42 Å². The third kappa shape index (κ3) is 4.93. The largest absolute Gasteiger partial charge is 0.490 e. The number of carbonyl (C=O) groups excluding carboxylic acids is 1. The van der Waals surface area contributed by atoms with Crippen molar-refractivity contribution in [2.45, 2.75) is 52.9 Å². The first kappa shape index (κ1) is 17.3. The predicted octanol–water partition coefficient (Wildman–Crippen LogP) is 2.26. The fourth-order valence-corrected chi connectivity index (χ4v) is 1.78. The molecule has 0 saturated heterocycles. The second kappa shape index (κ2) is 8.52. The van der Waals surface area contributed by atoms with E-state index >= 15 is 0 Å². The standard InChI is InChI=1S/C16H25NO4/c1-5-11(3)17-16(19)12(4)21-15-13(10-18)8-7-9-14(15)20-6-2/h7-9,11-12,18H,5-6,10H2,1-4H3,(H,17,19). The summed E-state index contributed by atoms with van der Waals surface area (Å²) in [6.45, 7) is 7.81. The van der Waals surface area contributed by atoms with Crippen LogP contribution in [0.15, 0.2) is 18.2 Å². The molecule has 21 heavy (non-hydrogen) atoms. The molecule has 2 N–H and O–H groups in total. The Morgan fingerprint density at radius 1 is 1.33 bits per heavy atom. The lowest BCUT2D eigenvalue weighted by Crippen LogP contribution is -2.41. The molecule has 1 aromatic rings. The van der Waals surface area contributed by atoms with Crippen molar-refractivity contribution in [1.29, 1.82) is 0 Å². The molecule has 0 aliphatic carbocycles. The summed E-state index contributed by atoms with van der Waals surface area (Å²) in [7, 11) is 0. The molecule has 1 aromatic carbocycles. The first-order valence-electron chi connectivity index (χ1n) is 7.36. The topological polar surface area (TPSA) is 67.8 Å². The van der Waals surface area contributed by atoms with Gasteiger partial charge in [0.05, 0.1) is 13.2 Å². The molecule has 118 valence electrons. The Labute approximate surface area is 126 Å². The normalized spacial score (nSPS) is 13.4. The third-order valence-electron chi connectivity index (χ3n) is 3.20. The molecule has 0 aliphatic rings. The van der Waals surface area contributed by atoms with E-state index in [4.69, 9.17) is 9.47 Å². The monoisotopic (exact) mass is 295 g/mol. The van der Waals surface area contributed by atoms with Crippen LogP contribution in [0.3, 0.4) is 0 Å². The molecule has 2 unspecified atom stereocenters. The van der Waals surface area contributed by atoms with E-state index in [9.17, 15) is 9.90 Å². The van der Waals surface area contributed by atoms with E-state index in [1.165, 1.54) is 0 Å². The number of carbonyl (C=O) groups is 1. The molecular formula is C16H25NO4. The molecule has 0 radical (unpaired) electrons. The van der Waals surface area contributed by atoms with Gasteiger partial charge >= 0.3 is 0 Å². The summed E-state index contributed by atoms with van der Waals surface area (Å²) in [5, 5.41) is 12.3. The average molecular weight is 295 g/mol. The Morgan fingerprint density at radius 3 is 2.62 bits per heavy atom. The molecule has 0 bridgehead atoms. The van der Waals surface area contributed by atoms with E-state index in [0.29, 0.717) is 23.7 Å². The predicted molar refractivity (Wildman–Crippen MR) is 81.5 cm³/mol. The van der Waals surface area contributed by atoms with Gasteiger partial charge in [-0.25, -0.2) is 0 Å². The zero-order valence-electron chi connectivity index (χ0n) is 13.2. The molecule has 0 aromatic heterocycles. The van der Waals surface area contributed by atoms with Crippen molar-refractivity contribution in [2.75, 3.05) is 6.61 Å². The fraction of sp³-hybridized carbons (Fsp3) is 0.562. The van der Waals surface area contributed by atoms with Crippen molar-refractivity contribution in [3.05, 3.63) is 23.8 Å². The van der Waals surface area contributed by atoms with E-state index < -0.39 is 6.10 Å². The van der Waals surface area contributed by atoms with Crippen LogP contribution in [0.1, 0.15) is 39.7 Å². The first-order valence-corrected chi connectivity index (χ1v) is 7.36. The fourth-order valence-electron chi connectivity index (χ4n) is 1.78. The van der Waals surface area contributed by atoms with Crippen molar-refractivity contribution >= 4 is 5.91 Å². The van der Waals surface area contributed by atoms with Crippen LogP contribution in [0.4, 0.5) is 0 Å². The highest BCUT2D eigenvalue weighted by Crippen LogP contribution is 2.32. The lowest BCUT2D eigenvalue weighted by molar-refractivity contribution is -0.127. The Balaban J connectivity index is 2.87. The van der Waals surface area contributed by atoms with Crippen LogP contribution in [0.2, 0.25) is 0 Å². The van der Waals surface area contributed by atoms with Crippen LogP contribution in [-0.2, 0) is 11.4 Å². The Hall–Kier alpha value is -1.75. The van der Waals surface area contributed by atoms with Crippen molar-refractivity contribution in [1.82, 2.24) is 5.32 Å². The molecule has 5 nitrogen and oxygen atoms in total. The number of aliphatic hydroxyl groups is 1. The minimum atomic E-state index is -0.661. The van der Waals surface area contributed by atoms with Crippen LogP contribution >= 0.6 is 0 Å². The molecule has 0 heterocycles. The van der Waals surface area contributed by atoms with Crippen molar-refractivity contribution < 1.29 is 19.4 Å².